The van der Waals surface area contributed by atoms with Gasteiger partial charge in [-0.1, -0.05) is 33.1 Å². The molecule has 4 aliphatic rings. The van der Waals surface area contributed by atoms with Crippen LogP contribution in [0.15, 0.2) is 0 Å². The zero-order chi connectivity index (χ0) is 23.2. The molecule has 4 heteroatoms. The van der Waals surface area contributed by atoms with Crippen molar-refractivity contribution < 1.29 is 5.11 Å². The number of halogens is 1. The summed E-state index contributed by atoms with van der Waals surface area (Å²) in [7, 11) is 0. The second kappa shape index (κ2) is 12.9. The number of hydrogen-bond donors (Lipinski definition) is 2. The fourth-order valence-corrected chi connectivity index (χ4v) is 8.09. The molecule has 4 rings (SSSR count). The molecule has 0 aromatic carbocycles. The summed E-state index contributed by atoms with van der Waals surface area (Å²) in [6.07, 6.45) is 18.3. The van der Waals surface area contributed by atoms with Gasteiger partial charge in [-0.05, 0) is 126 Å². The maximum absolute atomic E-state index is 10.1. The highest BCUT2D eigenvalue weighted by Crippen LogP contribution is 2.40. The minimum absolute atomic E-state index is 0.0212. The fourth-order valence-electron chi connectivity index (χ4n) is 7.84. The maximum Gasteiger partial charge on any atom is 0.0543 e. The van der Waals surface area contributed by atoms with E-state index in [9.17, 15) is 5.11 Å². The van der Waals surface area contributed by atoms with Crippen molar-refractivity contribution in [2.24, 2.45) is 35.5 Å². The molecule has 0 aromatic rings. The Kier molecular flexibility index (Phi) is 10.3. The van der Waals surface area contributed by atoms with E-state index in [2.05, 4.69) is 24.1 Å². The van der Waals surface area contributed by atoms with Gasteiger partial charge in [0.15, 0.2) is 0 Å². The topological polar surface area (TPSA) is 35.5 Å². The second-order valence-corrected chi connectivity index (χ2v) is 13.4. The van der Waals surface area contributed by atoms with Crippen molar-refractivity contribution in [1.29, 1.82) is 0 Å². The van der Waals surface area contributed by atoms with E-state index in [0.717, 1.165) is 42.4 Å². The summed E-state index contributed by atoms with van der Waals surface area (Å²) in [6, 6.07) is 0.616. The van der Waals surface area contributed by atoms with Crippen molar-refractivity contribution in [3.8, 4) is 0 Å². The largest absolute Gasteiger partial charge is 0.393 e. The van der Waals surface area contributed by atoms with Crippen LogP contribution in [0.1, 0.15) is 104 Å². The molecule has 3 aliphatic carbocycles. The summed E-state index contributed by atoms with van der Waals surface area (Å²) in [5.41, 5.74) is 0. The zero-order valence-corrected chi connectivity index (χ0v) is 22.5. The third-order valence-electron chi connectivity index (χ3n) is 10.1. The van der Waals surface area contributed by atoms with Crippen LogP contribution in [-0.4, -0.2) is 53.7 Å². The average Bonchev–Trinajstić information content (AvgIpc) is 2.83. The predicted octanol–water partition coefficient (Wildman–Crippen LogP) is 6.47. The van der Waals surface area contributed by atoms with Gasteiger partial charge in [-0.3, -0.25) is 0 Å². The van der Waals surface area contributed by atoms with Crippen molar-refractivity contribution in [3.05, 3.63) is 0 Å². The van der Waals surface area contributed by atoms with E-state index in [-0.39, 0.29) is 6.10 Å². The Hall–Kier alpha value is 0.170. The number of nitrogens with one attached hydrogen (secondary N) is 1. The number of aliphatic hydroxyl groups is 1. The minimum atomic E-state index is -0.0212. The molecule has 1 heterocycles. The van der Waals surface area contributed by atoms with Crippen LogP contribution in [0.5, 0.6) is 0 Å². The van der Waals surface area contributed by atoms with Crippen molar-refractivity contribution in [2.75, 3.05) is 26.2 Å². The van der Waals surface area contributed by atoms with Gasteiger partial charge in [0.2, 0.25) is 0 Å². The number of rotatable bonds is 8. The summed E-state index contributed by atoms with van der Waals surface area (Å²) in [4.78, 5) is 2.76. The normalized spacial score (nSPS) is 38.5. The van der Waals surface area contributed by atoms with E-state index in [4.69, 9.17) is 11.6 Å². The van der Waals surface area contributed by atoms with Gasteiger partial charge < -0.3 is 15.3 Å². The Morgan fingerprint density at radius 3 is 2.09 bits per heavy atom. The molecule has 192 valence electrons. The number of nitrogens with zero attached hydrogens (tertiary/aromatic N) is 1. The van der Waals surface area contributed by atoms with Crippen molar-refractivity contribution in [3.63, 3.8) is 0 Å². The molecule has 4 fully saturated rings. The molecule has 1 saturated heterocycles. The van der Waals surface area contributed by atoms with Crippen LogP contribution in [0.25, 0.3) is 0 Å². The van der Waals surface area contributed by atoms with Crippen LogP contribution in [0, 0.1) is 35.5 Å². The zero-order valence-electron chi connectivity index (χ0n) is 21.7. The fraction of sp³-hybridized carbons (Fsp3) is 1.00. The third-order valence-corrected chi connectivity index (χ3v) is 10.5. The van der Waals surface area contributed by atoms with Gasteiger partial charge >= 0.3 is 0 Å². The summed E-state index contributed by atoms with van der Waals surface area (Å²) in [6.45, 7) is 9.83. The Labute approximate surface area is 209 Å². The molecule has 2 N–H and O–H groups in total. The third kappa shape index (κ3) is 7.83. The molecule has 3 saturated carbocycles. The molecule has 5 atom stereocenters. The first-order valence-electron chi connectivity index (χ1n) is 14.8. The molecule has 4 unspecified atom stereocenters. The van der Waals surface area contributed by atoms with Crippen LogP contribution in [-0.2, 0) is 0 Å². The quantitative estimate of drug-likeness (QED) is 0.391. The summed E-state index contributed by atoms with van der Waals surface area (Å²) in [5.74, 6) is 5.09. The number of aliphatic hydroxyl groups excluding tert-OH is 1. The van der Waals surface area contributed by atoms with E-state index in [1.807, 2.05) is 0 Å². The van der Waals surface area contributed by atoms with Gasteiger partial charge in [0.1, 0.15) is 0 Å². The minimum Gasteiger partial charge on any atom is -0.393 e. The van der Waals surface area contributed by atoms with Crippen molar-refractivity contribution in [2.45, 2.75) is 121 Å². The summed E-state index contributed by atoms with van der Waals surface area (Å²) in [5, 5.41) is 14.6. The van der Waals surface area contributed by atoms with Crippen LogP contribution in [0.4, 0.5) is 0 Å². The van der Waals surface area contributed by atoms with Crippen LogP contribution in [0.2, 0.25) is 0 Å². The average molecular weight is 481 g/mol. The standard InChI is InChI=1S/C29H53ClN2O/c1-21(2)29(20-32-15-13-24(14-16-32)23-9-11-27(30)12-10-23)31-19-22-5-3-6-25(17-22)26-7-4-8-28(33)18-26/h21-29,31,33H,3-20H2,1-2H3/t22?,23?,25?,26?,27?,28?,29-/m0/s1. The second-order valence-electron chi connectivity index (χ2n) is 12.8. The van der Waals surface area contributed by atoms with Gasteiger partial charge in [0.25, 0.3) is 0 Å². The summed E-state index contributed by atoms with van der Waals surface area (Å²) < 4.78 is 0. The van der Waals surface area contributed by atoms with E-state index >= 15 is 0 Å². The molecule has 0 spiro atoms. The molecule has 1 aliphatic heterocycles. The first-order valence-corrected chi connectivity index (χ1v) is 15.2. The number of piperidine rings is 1. The van der Waals surface area contributed by atoms with Gasteiger partial charge in [0, 0.05) is 18.0 Å². The molecule has 3 nitrogen and oxygen atoms in total. The lowest BCUT2D eigenvalue weighted by Crippen LogP contribution is -2.48. The summed E-state index contributed by atoms with van der Waals surface area (Å²) >= 11 is 6.34. The molecular weight excluding hydrogens is 428 g/mol. The van der Waals surface area contributed by atoms with E-state index in [0.29, 0.717) is 17.3 Å². The molecule has 0 amide bonds. The van der Waals surface area contributed by atoms with E-state index in [1.54, 1.807) is 0 Å². The Balaban J connectivity index is 1.18. The Morgan fingerprint density at radius 2 is 1.42 bits per heavy atom. The maximum atomic E-state index is 10.1. The first-order chi connectivity index (χ1) is 16.0. The lowest BCUT2D eigenvalue weighted by atomic mass is 9.70. The lowest BCUT2D eigenvalue weighted by Gasteiger charge is -2.41. The monoisotopic (exact) mass is 480 g/mol. The van der Waals surface area contributed by atoms with Crippen molar-refractivity contribution >= 4 is 11.6 Å². The smallest absolute Gasteiger partial charge is 0.0543 e. The highest BCUT2D eigenvalue weighted by Gasteiger charge is 2.33. The van der Waals surface area contributed by atoms with Crippen molar-refractivity contribution in [1.82, 2.24) is 10.2 Å². The Bertz CT molecular complexity index is 556. The number of hydrogen-bond acceptors (Lipinski definition) is 3. The highest BCUT2D eigenvalue weighted by atomic mass is 35.5. The van der Waals surface area contributed by atoms with Gasteiger partial charge in [-0.2, -0.15) is 0 Å². The lowest BCUT2D eigenvalue weighted by molar-refractivity contribution is 0.0611. The first kappa shape index (κ1) is 26.2. The van der Waals surface area contributed by atoms with Gasteiger partial charge in [-0.15, -0.1) is 11.6 Å². The van der Waals surface area contributed by atoms with E-state index in [1.165, 1.54) is 103 Å². The molecule has 0 aromatic heterocycles. The predicted molar refractivity (Wildman–Crippen MR) is 141 cm³/mol. The number of alkyl halides is 1. The SMILES string of the molecule is CC(C)[C@H](CN1CCC(C2CCC(Cl)CC2)CC1)NCC1CCCC(C2CCCC(O)C2)C1. The van der Waals surface area contributed by atoms with Gasteiger partial charge in [0.05, 0.1) is 6.10 Å². The Morgan fingerprint density at radius 1 is 0.788 bits per heavy atom. The molecule has 0 bridgehead atoms. The molecular formula is C29H53ClN2O. The van der Waals surface area contributed by atoms with Gasteiger partial charge in [-0.25, -0.2) is 0 Å². The molecule has 0 radical (unpaired) electrons. The number of likely N-dealkylation sites (tertiary alicyclic amines) is 1. The van der Waals surface area contributed by atoms with Crippen LogP contribution >= 0.6 is 11.6 Å². The van der Waals surface area contributed by atoms with Crippen LogP contribution < -0.4 is 5.32 Å². The highest BCUT2D eigenvalue weighted by molar-refractivity contribution is 6.20. The van der Waals surface area contributed by atoms with E-state index < -0.39 is 0 Å². The molecule has 33 heavy (non-hydrogen) atoms. The van der Waals surface area contributed by atoms with Crippen LogP contribution in [0.3, 0.4) is 0 Å².